The van der Waals surface area contributed by atoms with Crippen LogP contribution in [0.2, 0.25) is 0 Å². The Hall–Kier alpha value is -3.39. The number of hydrogen-bond donors (Lipinski definition) is 2. The first-order valence-corrected chi connectivity index (χ1v) is 11.9. The number of carboxylic acid groups (broad SMARTS) is 1. The quantitative estimate of drug-likeness (QED) is 0.373. The van der Waals surface area contributed by atoms with E-state index in [1.807, 2.05) is 24.3 Å². The Bertz CT molecular complexity index is 1100. The molecule has 0 bridgehead atoms. The second kappa shape index (κ2) is 11.7. The lowest BCUT2D eigenvalue weighted by molar-refractivity contribution is -0.122. The van der Waals surface area contributed by atoms with Crippen LogP contribution in [0.15, 0.2) is 36.5 Å². The van der Waals surface area contributed by atoms with Crippen molar-refractivity contribution in [1.82, 2.24) is 14.9 Å². The summed E-state index contributed by atoms with van der Waals surface area (Å²) in [5.74, 6) is 2.36. The highest BCUT2D eigenvalue weighted by atomic mass is 16.5. The molecular weight excluding hydrogens is 432 g/mol. The van der Waals surface area contributed by atoms with Crippen molar-refractivity contribution in [2.75, 3.05) is 38.7 Å². The molecule has 8 heteroatoms. The van der Waals surface area contributed by atoms with Crippen molar-refractivity contribution in [3.63, 3.8) is 0 Å². The Balaban J connectivity index is 0.000000868. The summed E-state index contributed by atoms with van der Waals surface area (Å²) >= 11 is 0. The molecular formula is C26H32N4O4. The van der Waals surface area contributed by atoms with Gasteiger partial charge in [-0.1, -0.05) is 6.07 Å². The fraction of sp³-hybridized carbons (Fsp3) is 0.423. The van der Waals surface area contributed by atoms with Crippen LogP contribution in [0.5, 0.6) is 11.5 Å². The van der Waals surface area contributed by atoms with Crippen LogP contribution in [0, 0.1) is 0 Å². The predicted octanol–water partition coefficient (Wildman–Crippen LogP) is 4.44. The number of pyridine rings is 2. The Labute approximate surface area is 199 Å². The van der Waals surface area contributed by atoms with Crippen molar-refractivity contribution in [2.45, 2.75) is 38.5 Å². The van der Waals surface area contributed by atoms with Crippen molar-refractivity contribution in [1.29, 1.82) is 0 Å². The van der Waals surface area contributed by atoms with Crippen molar-refractivity contribution in [3.8, 4) is 11.5 Å². The zero-order chi connectivity index (χ0) is 23.8. The molecule has 8 nitrogen and oxygen atoms in total. The number of carbonyl (C=O) groups is 1. The number of benzene rings is 1. The molecule has 34 heavy (non-hydrogen) atoms. The van der Waals surface area contributed by atoms with Gasteiger partial charge in [-0.15, -0.1) is 0 Å². The number of ether oxygens (including phenoxy) is 2. The molecule has 1 aromatic carbocycles. The van der Waals surface area contributed by atoms with Gasteiger partial charge in [-0.2, -0.15) is 0 Å². The molecule has 2 N–H and O–H groups in total. The van der Waals surface area contributed by atoms with Gasteiger partial charge < -0.3 is 24.8 Å². The van der Waals surface area contributed by atoms with Crippen LogP contribution in [0.1, 0.15) is 36.9 Å². The number of methoxy groups -OCH3 is 1. The Morgan fingerprint density at radius 3 is 2.71 bits per heavy atom. The fourth-order valence-corrected chi connectivity index (χ4v) is 4.73. The Morgan fingerprint density at radius 1 is 1.15 bits per heavy atom. The van der Waals surface area contributed by atoms with Gasteiger partial charge in [0.15, 0.2) is 11.5 Å². The second-order valence-electron chi connectivity index (χ2n) is 8.48. The maximum Gasteiger partial charge on any atom is 0.290 e. The molecule has 5 rings (SSSR count). The van der Waals surface area contributed by atoms with E-state index in [2.05, 4.69) is 21.3 Å². The van der Waals surface area contributed by atoms with E-state index in [9.17, 15) is 0 Å². The van der Waals surface area contributed by atoms with Crippen molar-refractivity contribution in [3.05, 3.63) is 47.8 Å². The summed E-state index contributed by atoms with van der Waals surface area (Å²) in [6.07, 6.45) is 8.65. The number of nitrogens with zero attached hydrogens (tertiary/aromatic N) is 3. The standard InChI is InChI=1S/C25H30N4O2.CH2O2/c1-30-22-16-19-21(17-23(22)31-15-7-14-29-12-4-5-13-29)27-20-9-6-8-18(20)25(19)28-24-10-2-3-11-26-24;2-1-3/h2-3,10-11,16-17H,4-9,12-15H2,1H3,(H,26,27,28);1H,(H,2,3). The minimum absolute atomic E-state index is 0.250. The van der Waals surface area contributed by atoms with E-state index in [1.165, 1.54) is 37.2 Å². The lowest BCUT2D eigenvalue weighted by atomic mass is 10.1. The highest BCUT2D eigenvalue weighted by Gasteiger charge is 2.22. The van der Waals surface area contributed by atoms with Gasteiger partial charge in [-0.3, -0.25) is 9.78 Å². The minimum Gasteiger partial charge on any atom is -0.493 e. The average molecular weight is 465 g/mol. The lowest BCUT2D eigenvalue weighted by Gasteiger charge is -2.18. The number of nitrogens with one attached hydrogen (secondary N) is 1. The molecule has 1 fully saturated rings. The molecule has 0 unspecified atom stereocenters. The molecule has 0 saturated carbocycles. The summed E-state index contributed by atoms with van der Waals surface area (Å²) < 4.78 is 11.9. The first-order chi connectivity index (χ1) is 16.7. The van der Waals surface area contributed by atoms with Crippen LogP contribution in [0.25, 0.3) is 10.9 Å². The maximum atomic E-state index is 8.36. The zero-order valence-corrected chi connectivity index (χ0v) is 19.6. The van der Waals surface area contributed by atoms with Gasteiger partial charge in [-0.05, 0) is 75.4 Å². The zero-order valence-electron chi connectivity index (χ0n) is 19.6. The monoisotopic (exact) mass is 464 g/mol. The highest BCUT2D eigenvalue weighted by Crippen LogP contribution is 2.40. The normalized spacial score (nSPS) is 14.9. The maximum absolute atomic E-state index is 8.36. The van der Waals surface area contributed by atoms with E-state index < -0.39 is 0 Å². The largest absolute Gasteiger partial charge is 0.493 e. The average Bonchev–Trinajstić information content (AvgIpc) is 3.54. The number of likely N-dealkylation sites (tertiary alicyclic amines) is 1. The number of rotatable bonds is 8. The van der Waals surface area contributed by atoms with Gasteiger partial charge in [0.2, 0.25) is 0 Å². The molecule has 1 aliphatic carbocycles. The second-order valence-corrected chi connectivity index (χ2v) is 8.48. The smallest absolute Gasteiger partial charge is 0.290 e. The molecule has 1 saturated heterocycles. The fourth-order valence-electron chi connectivity index (χ4n) is 4.73. The van der Waals surface area contributed by atoms with Crippen molar-refractivity contribution in [2.24, 2.45) is 0 Å². The molecule has 0 radical (unpaired) electrons. The Kier molecular flexibility index (Phi) is 8.14. The number of aromatic nitrogens is 2. The molecule has 0 spiro atoms. The molecule has 0 amide bonds. The number of anilines is 2. The van der Waals surface area contributed by atoms with Crippen LogP contribution in [-0.4, -0.2) is 59.8 Å². The number of fused-ring (bicyclic) bond motifs is 2. The molecule has 180 valence electrons. The van der Waals surface area contributed by atoms with Crippen LogP contribution in [0.3, 0.4) is 0 Å². The third-order valence-electron chi connectivity index (χ3n) is 6.29. The van der Waals surface area contributed by atoms with Gasteiger partial charge in [-0.25, -0.2) is 4.98 Å². The Morgan fingerprint density at radius 2 is 1.97 bits per heavy atom. The number of hydrogen-bond acceptors (Lipinski definition) is 7. The molecule has 3 aromatic rings. The van der Waals surface area contributed by atoms with Crippen molar-refractivity contribution < 1.29 is 19.4 Å². The van der Waals surface area contributed by atoms with Gasteiger partial charge in [0.1, 0.15) is 5.82 Å². The van der Waals surface area contributed by atoms with E-state index in [0.717, 1.165) is 66.1 Å². The summed E-state index contributed by atoms with van der Waals surface area (Å²) in [5, 5.41) is 11.5. The van der Waals surface area contributed by atoms with E-state index in [-0.39, 0.29) is 6.47 Å². The minimum atomic E-state index is -0.250. The van der Waals surface area contributed by atoms with Gasteiger partial charge >= 0.3 is 0 Å². The molecule has 3 heterocycles. The van der Waals surface area contributed by atoms with Crippen LogP contribution >= 0.6 is 0 Å². The van der Waals surface area contributed by atoms with E-state index in [4.69, 9.17) is 24.4 Å². The summed E-state index contributed by atoms with van der Waals surface area (Å²) in [6, 6.07) is 10.0. The van der Waals surface area contributed by atoms with Crippen LogP contribution in [0.4, 0.5) is 11.5 Å². The van der Waals surface area contributed by atoms with E-state index in [1.54, 1.807) is 13.3 Å². The highest BCUT2D eigenvalue weighted by molar-refractivity contribution is 5.97. The molecule has 2 aliphatic rings. The predicted molar refractivity (Wildman–Crippen MR) is 132 cm³/mol. The molecule has 1 aliphatic heterocycles. The van der Waals surface area contributed by atoms with Gasteiger partial charge in [0.25, 0.3) is 6.47 Å². The third-order valence-corrected chi connectivity index (χ3v) is 6.29. The van der Waals surface area contributed by atoms with E-state index in [0.29, 0.717) is 6.61 Å². The summed E-state index contributed by atoms with van der Waals surface area (Å²) in [5.41, 5.74) is 4.50. The number of aryl methyl sites for hydroxylation is 1. The summed E-state index contributed by atoms with van der Waals surface area (Å²) in [6.45, 7) is 3.98. The molecule has 0 atom stereocenters. The SMILES string of the molecule is COc1cc2c(Nc3ccccn3)c3c(nc2cc1OCCCN1CCCC1)CCC3.O=CO. The summed E-state index contributed by atoms with van der Waals surface area (Å²) in [4.78, 5) is 20.3. The third kappa shape index (κ3) is 5.56. The first-order valence-electron chi connectivity index (χ1n) is 11.9. The van der Waals surface area contributed by atoms with Crippen LogP contribution < -0.4 is 14.8 Å². The molecule has 2 aromatic heterocycles. The summed E-state index contributed by atoms with van der Waals surface area (Å²) in [7, 11) is 1.70. The first kappa shape index (κ1) is 23.8. The van der Waals surface area contributed by atoms with E-state index >= 15 is 0 Å². The van der Waals surface area contributed by atoms with Gasteiger partial charge in [0.05, 0.1) is 24.9 Å². The topological polar surface area (TPSA) is 96.8 Å². The van der Waals surface area contributed by atoms with Crippen molar-refractivity contribution >= 4 is 28.9 Å². The van der Waals surface area contributed by atoms with Gasteiger partial charge in [0, 0.05) is 29.9 Å². The lowest BCUT2D eigenvalue weighted by Crippen LogP contribution is -2.21. The van der Waals surface area contributed by atoms with Crippen LogP contribution in [-0.2, 0) is 17.6 Å².